The standard InChI is InChI=1S/C13H18FNO2/c1-9-4-11(14)6-12(5-9)15-13(7-16)10-2-3-17-8-10/h4-6,10,13,15-16H,2-3,7-8H2,1H3. The molecule has 2 unspecified atom stereocenters. The number of anilines is 1. The van der Waals surface area contributed by atoms with Crippen molar-refractivity contribution in [3.05, 3.63) is 29.6 Å². The maximum Gasteiger partial charge on any atom is 0.125 e. The molecule has 2 N–H and O–H groups in total. The van der Waals surface area contributed by atoms with Crippen molar-refractivity contribution in [2.45, 2.75) is 19.4 Å². The largest absolute Gasteiger partial charge is 0.394 e. The van der Waals surface area contributed by atoms with Gasteiger partial charge in [-0.05, 0) is 37.1 Å². The first-order chi connectivity index (χ1) is 8.19. The molecule has 2 atom stereocenters. The molecule has 1 aliphatic heterocycles. The monoisotopic (exact) mass is 239 g/mol. The Labute approximate surface area is 101 Å². The Morgan fingerprint density at radius 1 is 1.53 bits per heavy atom. The first-order valence-electron chi connectivity index (χ1n) is 5.91. The van der Waals surface area contributed by atoms with Crippen LogP contribution in [-0.2, 0) is 4.74 Å². The number of nitrogens with one attached hydrogen (secondary N) is 1. The zero-order chi connectivity index (χ0) is 12.3. The summed E-state index contributed by atoms with van der Waals surface area (Å²) in [5.41, 5.74) is 1.58. The SMILES string of the molecule is Cc1cc(F)cc(NC(CO)C2CCOC2)c1. The number of hydrogen-bond acceptors (Lipinski definition) is 3. The Hall–Kier alpha value is -1.13. The molecule has 1 aromatic carbocycles. The molecular formula is C13H18FNO2. The lowest BCUT2D eigenvalue weighted by Crippen LogP contribution is -2.33. The number of aliphatic hydroxyl groups is 1. The van der Waals surface area contributed by atoms with Crippen molar-refractivity contribution in [2.24, 2.45) is 5.92 Å². The molecule has 4 heteroatoms. The van der Waals surface area contributed by atoms with Gasteiger partial charge in [0.2, 0.25) is 0 Å². The number of halogens is 1. The van der Waals surface area contributed by atoms with E-state index in [1.807, 2.05) is 13.0 Å². The van der Waals surface area contributed by atoms with Gasteiger partial charge in [0.1, 0.15) is 5.82 Å². The van der Waals surface area contributed by atoms with E-state index in [1.165, 1.54) is 12.1 Å². The number of benzene rings is 1. The van der Waals surface area contributed by atoms with Crippen LogP contribution in [0.2, 0.25) is 0 Å². The molecule has 0 spiro atoms. The predicted molar refractivity (Wildman–Crippen MR) is 64.6 cm³/mol. The number of hydrogen-bond donors (Lipinski definition) is 2. The van der Waals surface area contributed by atoms with Crippen molar-refractivity contribution in [3.8, 4) is 0 Å². The predicted octanol–water partition coefficient (Wildman–Crippen LogP) is 1.94. The van der Waals surface area contributed by atoms with Crippen molar-refractivity contribution in [3.63, 3.8) is 0 Å². The molecule has 2 rings (SSSR count). The molecule has 0 aliphatic carbocycles. The van der Waals surface area contributed by atoms with E-state index in [4.69, 9.17) is 4.74 Å². The van der Waals surface area contributed by atoms with Gasteiger partial charge in [-0.2, -0.15) is 0 Å². The van der Waals surface area contributed by atoms with E-state index in [1.54, 1.807) is 0 Å². The van der Waals surface area contributed by atoms with E-state index in [0.29, 0.717) is 18.2 Å². The van der Waals surface area contributed by atoms with Crippen molar-refractivity contribution in [1.29, 1.82) is 0 Å². The second-order valence-electron chi connectivity index (χ2n) is 4.57. The molecule has 0 bridgehead atoms. The maximum absolute atomic E-state index is 13.2. The highest BCUT2D eigenvalue weighted by atomic mass is 19.1. The summed E-state index contributed by atoms with van der Waals surface area (Å²) < 4.78 is 18.5. The highest BCUT2D eigenvalue weighted by molar-refractivity contribution is 5.47. The fourth-order valence-electron chi connectivity index (χ4n) is 2.22. The first kappa shape index (κ1) is 12.3. The number of aryl methyl sites for hydroxylation is 1. The summed E-state index contributed by atoms with van der Waals surface area (Å²) in [4.78, 5) is 0. The van der Waals surface area contributed by atoms with Crippen molar-refractivity contribution >= 4 is 5.69 Å². The topological polar surface area (TPSA) is 41.5 Å². The molecule has 1 fully saturated rings. The third-order valence-electron chi connectivity index (χ3n) is 3.12. The van der Waals surface area contributed by atoms with E-state index in [9.17, 15) is 9.50 Å². The van der Waals surface area contributed by atoms with Gasteiger partial charge in [0, 0.05) is 18.2 Å². The molecule has 94 valence electrons. The Balaban J connectivity index is 2.06. The van der Waals surface area contributed by atoms with Gasteiger partial charge in [0.15, 0.2) is 0 Å². The highest BCUT2D eigenvalue weighted by Gasteiger charge is 2.25. The van der Waals surface area contributed by atoms with Gasteiger partial charge in [0.05, 0.1) is 19.3 Å². The first-order valence-corrected chi connectivity index (χ1v) is 5.91. The van der Waals surface area contributed by atoms with E-state index < -0.39 is 0 Å². The average molecular weight is 239 g/mol. The summed E-state index contributed by atoms with van der Waals surface area (Å²) in [6.45, 7) is 3.28. The molecule has 0 saturated carbocycles. The van der Waals surface area contributed by atoms with Crippen LogP contribution in [0.15, 0.2) is 18.2 Å². The van der Waals surface area contributed by atoms with Gasteiger partial charge < -0.3 is 15.2 Å². The van der Waals surface area contributed by atoms with Gasteiger partial charge in [-0.15, -0.1) is 0 Å². The quantitative estimate of drug-likeness (QED) is 0.843. The highest BCUT2D eigenvalue weighted by Crippen LogP contribution is 2.21. The Morgan fingerprint density at radius 3 is 2.94 bits per heavy atom. The minimum Gasteiger partial charge on any atom is -0.394 e. The lowest BCUT2D eigenvalue weighted by molar-refractivity contribution is 0.170. The molecule has 3 nitrogen and oxygen atoms in total. The molecule has 0 radical (unpaired) electrons. The van der Waals surface area contributed by atoms with Gasteiger partial charge in [-0.3, -0.25) is 0 Å². The van der Waals surface area contributed by atoms with E-state index in [-0.39, 0.29) is 18.5 Å². The second-order valence-corrected chi connectivity index (χ2v) is 4.57. The molecule has 1 saturated heterocycles. The molecule has 1 aliphatic rings. The van der Waals surface area contributed by atoms with E-state index in [2.05, 4.69) is 5.32 Å². The van der Waals surface area contributed by atoms with Crippen LogP contribution in [0.3, 0.4) is 0 Å². The van der Waals surface area contributed by atoms with Crippen LogP contribution in [-0.4, -0.2) is 31.0 Å². The summed E-state index contributed by atoms with van der Waals surface area (Å²) in [5, 5.41) is 12.6. The van der Waals surface area contributed by atoms with Crippen molar-refractivity contribution < 1.29 is 14.2 Å². The Morgan fingerprint density at radius 2 is 2.35 bits per heavy atom. The van der Waals surface area contributed by atoms with E-state index >= 15 is 0 Å². The maximum atomic E-state index is 13.2. The van der Waals surface area contributed by atoms with Crippen LogP contribution < -0.4 is 5.32 Å². The van der Waals surface area contributed by atoms with Crippen LogP contribution in [0.4, 0.5) is 10.1 Å². The van der Waals surface area contributed by atoms with Gasteiger partial charge in [-0.1, -0.05) is 0 Å². The second kappa shape index (κ2) is 5.47. The third kappa shape index (κ3) is 3.17. The molecule has 0 amide bonds. The van der Waals surface area contributed by atoms with Gasteiger partial charge in [0.25, 0.3) is 0 Å². The summed E-state index contributed by atoms with van der Waals surface area (Å²) in [6, 6.07) is 4.74. The molecule has 0 aromatic heterocycles. The number of ether oxygens (including phenoxy) is 1. The van der Waals surface area contributed by atoms with Crippen molar-refractivity contribution in [1.82, 2.24) is 0 Å². The lowest BCUT2D eigenvalue weighted by Gasteiger charge is -2.23. The minimum absolute atomic E-state index is 0.0313. The minimum atomic E-state index is -0.258. The van der Waals surface area contributed by atoms with Crippen LogP contribution >= 0.6 is 0 Å². The molecule has 1 heterocycles. The Bertz CT molecular complexity index is 357. The van der Waals surface area contributed by atoms with Crippen molar-refractivity contribution in [2.75, 3.05) is 25.1 Å². The van der Waals surface area contributed by atoms with Crippen LogP contribution in [0, 0.1) is 18.7 Å². The van der Waals surface area contributed by atoms with Crippen LogP contribution in [0.25, 0.3) is 0 Å². The number of aliphatic hydroxyl groups excluding tert-OH is 1. The average Bonchev–Trinajstić information content (AvgIpc) is 2.77. The normalized spacial score (nSPS) is 21.5. The molecule has 1 aromatic rings. The smallest absolute Gasteiger partial charge is 0.125 e. The zero-order valence-corrected chi connectivity index (χ0v) is 9.95. The zero-order valence-electron chi connectivity index (χ0n) is 9.95. The number of rotatable bonds is 4. The fourth-order valence-corrected chi connectivity index (χ4v) is 2.22. The van der Waals surface area contributed by atoms with Crippen LogP contribution in [0.1, 0.15) is 12.0 Å². The summed E-state index contributed by atoms with van der Waals surface area (Å²) in [5.74, 6) is 0.0374. The summed E-state index contributed by atoms with van der Waals surface area (Å²) in [7, 11) is 0. The third-order valence-corrected chi connectivity index (χ3v) is 3.12. The lowest BCUT2D eigenvalue weighted by atomic mass is 9.99. The Kier molecular flexibility index (Phi) is 3.97. The molecule has 17 heavy (non-hydrogen) atoms. The van der Waals surface area contributed by atoms with Gasteiger partial charge >= 0.3 is 0 Å². The summed E-state index contributed by atoms with van der Waals surface area (Å²) >= 11 is 0. The fraction of sp³-hybridized carbons (Fsp3) is 0.538. The van der Waals surface area contributed by atoms with Crippen LogP contribution in [0.5, 0.6) is 0 Å². The molecular weight excluding hydrogens is 221 g/mol. The van der Waals surface area contributed by atoms with E-state index in [0.717, 1.165) is 18.6 Å². The summed E-state index contributed by atoms with van der Waals surface area (Å²) in [6.07, 6.45) is 0.937. The van der Waals surface area contributed by atoms with Gasteiger partial charge in [-0.25, -0.2) is 4.39 Å².